The van der Waals surface area contributed by atoms with Crippen molar-refractivity contribution >= 4 is 19.8 Å². The summed E-state index contributed by atoms with van der Waals surface area (Å²) in [6, 6.07) is 0. The van der Waals surface area contributed by atoms with Crippen LogP contribution in [0.4, 0.5) is 0 Å². The third-order valence-corrected chi connectivity index (χ3v) is 5.07. The molecule has 0 rings (SSSR count). The van der Waals surface area contributed by atoms with Crippen LogP contribution in [0.5, 0.6) is 0 Å². The normalized spacial score (nSPS) is 10.3. The van der Waals surface area contributed by atoms with Crippen LogP contribution < -0.4 is 0 Å². The molecule has 0 saturated heterocycles. The molecule has 0 aliphatic carbocycles. The van der Waals surface area contributed by atoms with Gasteiger partial charge in [0.1, 0.15) is 6.61 Å². The highest BCUT2D eigenvalue weighted by Gasteiger charge is 2.22. The first kappa shape index (κ1) is 33.8. The van der Waals surface area contributed by atoms with Gasteiger partial charge in [0.25, 0.3) is 0 Å². The zero-order valence-electron chi connectivity index (χ0n) is 21.6. The molecule has 0 unspecified atom stereocenters. The highest BCUT2D eigenvalue weighted by atomic mass is 31.2. The Labute approximate surface area is 220 Å². The predicted octanol–water partition coefficient (Wildman–Crippen LogP) is 3.90. The Kier molecular flexibility index (Phi) is 21.3. The van der Waals surface area contributed by atoms with Crippen LogP contribution in [0.25, 0.3) is 0 Å². The Balaban J connectivity index is 4.46. The second-order valence-corrected chi connectivity index (χ2v) is 9.04. The smallest absolute Gasteiger partial charge is 0.456 e. The van der Waals surface area contributed by atoms with Gasteiger partial charge in [0.05, 0.1) is 6.61 Å². The van der Waals surface area contributed by atoms with E-state index in [4.69, 9.17) is 19.3 Å². The molecule has 0 radical (unpaired) electrons. The van der Waals surface area contributed by atoms with Gasteiger partial charge in [0.2, 0.25) is 0 Å². The molecule has 200 valence electrons. The first-order chi connectivity index (χ1) is 17.8. The maximum Gasteiger partial charge on any atom is 0.469 e. The summed E-state index contributed by atoms with van der Waals surface area (Å²) in [5, 5.41) is 0. The van der Waals surface area contributed by atoms with Gasteiger partial charge in [-0.1, -0.05) is 70.6 Å². The van der Waals surface area contributed by atoms with E-state index in [1.807, 2.05) is 0 Å². The van der Waals surface area contributed by atoms with E-state index in [9.17, 15) is 14.2 Å². The van der Waals surface area contributed by atoms with Crippen molar-refractivity contribution in [3.63, 3.8) is 0 Å². The summed E-state index contributed by atoms with van der Waals surface area (Å²) in [5.74, 6) is 22.4. The third-order valence-electron chi connectivity index (χ3n) is 4.59. The van der Waals surface area contributed by atoms with Crippen LogP contribution in [-0.4, -0.2) is 41.0 Å². The summed E-state index contributed by atoms with van der Waals surface area (Å²) >= 11 is 0. The van der Waals surface area contributed by atoms with Gasteiger partial charge in [-0.05, 0) is 60.7 Å². The number of rotatable bonds is 17. The highest BCUT2D eigenvalue weighted by molar-refractivity contribution is 7.46. The number of carbonyl (C=O) groups is 2. The average Bonchev–Trinajstić information content (AvgIpc) is 2.85. The Hall–Kier alpha value is -3.15. The SMILES string of the molecule is CC#CC#CC#CC#CC#CC(=O)OC[C@@H](COP(=O)(O)O)OC(=O)CCCCCCCCCCCC. The summed E-state index contributed by atoms with van der Waals surface area (Å²) in [6.07, 6.45) is 10.1. The molecule has 1 atom stereocenters. The van der Waals surface area contributed by atoms with Crippen molar-refractivity contribution in [2.24, 2.45) is 0 Å². The standard InChI is InChI=1S/C28H35O8P/c1-3-5-7-9-11-13-15-17-19-21-23-28(30)36-26(25-35-37(31,32)33)24-34-27(29)22-20-18-16-14-12-10-8-6-4-2/h26H,3,5,7,9,11,13,15,17,19,21,23-25H2,1-2H3,(H2,31,32,33)/t26-/m0/s1. The fourth-order valence-corrected chi connectivity index (χ4v) is 3.20. The van der Waals surface area contributed by atoms with Crippen molar-refractivity contribution in [1.29, 1.82) is 0 Å². The largest absolute Gasteiger partial charge is 0.469 e. The van der Waals surface area contributed by atoms with E-state index in [1.54, 1.807) is 6.92 Å². The molecule has 0 aliphatic heterocycles. The number of hydrogen-bond donors (Lipinski definition) is 2. The van der Waals surface area contributed by atoms with Gasteiger partial charge in [-0.2, -0.15) is 0 Å². The van der Waals surface area contributed by atoms with Crippen LogP contribution in [0.3, 0.4) is 0 Å². The molecule has 9 heteroatoms. The van der Waals surface area contributed by atoms with Crippen LogP contribution >= 0.6 is 7.82 Å². The van der Waals surface area contributed by atoms with E-state index in [1.165, 1.54) is 38.5 Å². The molecular weight excluding hydrogens is 495 g/mol. The maximum absolute atomic E-state index is 12.1. The lowest BCUT2D eigenvalue weighted by atomic mass is 10.1. The van der Waals surface area contributed by atoms with E-state index < -0.39 is 39.1 Å². The molecule has 0 saturated carbocycles. The Morgan fingerprint density at radius 2 is 1.27 bits per heavy atom. The summed E-state index contributed by atoms with van der Waals surface area (Å²) in [4.78, 5) is 41.7. The molecule has 0 aromatic heterocycles. The molecule has 0 fully saturated rings. The Bertz CT molecular complexity index is 1050. The molecule has 8 nitrogen and oxygen atoms in total. The molecule has 0 bridgehead atoms. The van der Waals surface area contributed by atoms with E-state index in [-0.39, 0.29) is 6.42 Å². The number of phosphoric ester groups is 1. The van der Waals surface area contributed by atoms with Crippen LogP contribution in [0.1, 0.15) is 84.5 Å². The number of hydrogen-bond acceptors (Lipinski definition) is 6. The first-order valence-electron chi connectivity index (χ1n) is 12.3. The van der Waals surface area contributed by atoms with Crippen molar-refractivity contribution in [2.45, 2.75) is 90.6 Å². The fourth-order valence-electron chi connectivity index (χ4n) is 2.83. The quantitative estimate of drug-likeness (QED) is 0.0956. The van der Waals surface area contributed by atoms with Gasteiger partial charge < -0.3 is 19.3 Å². The van der Waals surface area contributed by atoms with Gasteiger partial charge in [0, 0.05) is 12.3 Å². The van der Waals surface area contributed by atoms with Crippen molar-refractivity contribution < 1.29 is 37.9 Å². The lowest BCUT2D eigenvalue weighted by molar-refractivity contribution is -0.158. The van der Waals surface area contributed by atoms with E-state index >= 15 is 0 Å². The topological polar surface area (TPSA) is 119 Å². The summed E-state index contributed by atoms with van der Waals surface area (Å²) in [6.45, 7) is 2.71. The second kappa shape index (κ2) is 23.3. The molecular formula is C28H35O8P. The number of phosphoric acid groups is 1. The van der Waals surface area contributed by atoms with Crippen molar-refractivity contribution in [3.8, 4) is 59.2 Å². The molecule has 0 heterocycles. The van der Waals surface area contributed by atoms with Gasteiger partial charge >= 0.3 is 19.8 Å². The number of esters is 2. The van der Waals surface area contributed by atoms with E-state index in [2.05, 4.69) is 70.7 Å². The average molecular weight is 531 g/mol. The molecule has 0 spiro atoms. The summed E-state index contributed by atoms with van der Waals surface area (Å²) in [7, 11) is -4.80. The summed E-state index contributed by atoms with van der Waals surface area (Å²) in [5.41, 5.74) is 0. The minimum atomic E-state index is -4.80. The number of unbranched alkanes of at least 4 members (excludes halogenated alkanes) is 9. The highest BCUT2D eigenvalue weighted by Crippen LogP contribution is 2.35. The monoisotopic (exact) mass is 530 g/mol. The maximum atomic E-state index is 12.1. The van der Waals surface area contributed by atoms with Crippen molar-refractivity contribution in [3.05, 3.63) is 0 Å². The van der Waals surface area contributed by atoms with Crippen molar-refractivity contribution in [1.82, 2.24) is 0 Å². The van der Waals surface area contributed by atoms with Gasteiger partial charge in [0.15, 0.2) is 6.10 Å². The van der Waals surface area contributed by atoms with Gasteiger partial charge in [-0.15, -0.1) is 0 Å². The van der Waals surface area contributed by atoms with E-state index in [0.29, 0.717) is 6.42 Å². The summed E-state index contributed by atoms with van der Waals surface area (Å²) < 4.78 is 25.4. The lowest BCUT2D eigenvalue weighted by Crippen LogP contribution is -2.29. The first-order valence-corrected chi connectivity index (χ1v) is 13.8. The third kappa shape index (κ3) is 25.7. The molecule has 0 aliphatic rings. The van der Waals surface area contributed by atoms with Crippen LogP contribution in [-0.2, 0) is 28.2 Å². The zero-order valence-corrected chi connectivity index (χ0v) is 22.5. The molecule has 0 amide bonds. The molecule has 2 N–H and O–H groups in total. The Morgan fingerprint density at radius 3 is 1.81 bits per heavy atom. The van der Waals surface area contributed by atoms with Crippen LogP contribution in [0.15, 0.2) is 0 Å². The van der Waals surface area contributed by atoms with Gasteiger partial charge in [-0.3, -0.25) is 9.32 Å². The molecule has 37 heavy (non-hydrogen) atoms. The minimum absolute atomic E-state index is 0.142. The fraction of sp³-hybridized carbons (Fsp3) is 0.571. The van der Waals surface area contributed by atoms with Crippen LogP contribution in [0.2, 0.25) is 0 Å². The lowest BCUT2D eigenvalue weighted by Gasteiger charge is -2.17. The number of ether oxygens (including phenoxy) is 2. The number of carbonyl (C=O) groups excluding carboxylic acids is 2. The van der Waals surface area contributed by atoms with Gasteiger partial charge in [-0.25, -0.2) is 9.36 Å². The van der Waals surface area contributed by atoms with Crippen LogP contribution in [0, 0.1) is 59.2 Å². The molecule has 0 aromatic rings. The molecule has 0 aromatic carbocycles. The predicted molar refractivity (Wildman–Crippen MR) is 140 cm³/mol. The minimum Gasteiger partial charge on any atom is -0.456 e. The zero-order chi connectivity index (χ0) is 27.6. The van der Waals surface area contributed by atoms with E-state index in [0.717, 1.165) is 19.3 Å². The van der Waals surface area contributed by atoms with Crippen molar-refractivity contribution in [2.75, 3.05) is 13.2 Å². The second-order valence-electron chi connectivity index (χ2n) is 7.80. The Morgan fingerprint density at radius 1 is 0.757 bits per heavy atom.